The minimum Gasteiger partial charge on any atom is -0.383 e. The van der Waals surface area contributed by atoms with E-state index in [1.807, 2.05) is 0 Å². The van der Waals surface area contributed by atoms with E-state index in [9.17, 15) is 18.9 Å². The van der Waals surface area contributed by atoms with Gasteiger partial charge in [0.15, 0.2) is 0 Å². The van der Waals surface area contributed by atoms with Crippen LogP contribution in [0, 0.1) is 21.7 Å². The molecule has 0 saturated heterocycles. The molecule has 0 amide bonds. The maximum absolute atomic E-state index is 14.0. The van der Waals surface area contributed by atoms with Crippen molar-refractivity contribution in [2.75, 3.05) is 23.7 Å². The lowest BCUT2D eigenvalue weighted by molar-refractivity contribution is -0.384. The molecule has 0 aliphatic carbocycles. The Balaban J connectivity index is 1.64. The van der Waals surface area contributed by atoms with E-state index in [1.165, 1.54) is 18.3 Å². The lowest BCUT2D eigenvalue weighted by Gasteiger charge is -2.11. The van der Waals surface area contributed by atoms with Crippen molar-refractivity contribution in [1.82, 2.24) is 4.98 Å². The predicted octanol–water partition coefficient (Wildman–Crippen LogP) is 3.95. The molecule has 1 heterocycles. The fraction of sp³-hybridized carbons (Fsp3) is 0.118. The number of anilines is 2. The Morgan fingerprint density at radius 1 is 0.960 bits per heavy atom. The van der Waals surface area contributed by atoms with Crippen LogP contribution in [-0.4, -0.2) is 23.0 Å². The molecule has 2 N–H and O–H groups in total. The van der Waals surface area contributed by atoms with Gasteiger partial charge in [-0.25, -0.2) is 8.78 Å². The number of rotatable bonds is 6. The van der Waals surface area contributed by atoms with Gasteiger partial charge in [-0.3, -0.25) is 15.1 Å². The number of halogens is 2. The maximum Gasteiger partial charge on any atom is 0.269 e. The van der Waals surface area contributed by atoms with Crippen LogP contribution in [0.15, 0.2) is 48.7 Å². The molecule has 2 aromatic carbocycles. The Morgan fingerprint density at radius 2 is 1.64 bits per heavy atom. The Morgan fingerprint density at radius 3 is 2.36 bits per heavy atom. The topological polar surface area (TPSA) is 80.1 Å². The Labute approximate surface area is 141 Å². The number of pyridine rings is 1. The molecule has 0 saturated carbocycles. The third-order valence-corrected chi connectivity index (χ3v) is 3.64. The maximum atomic E-state index is 14.0. The van der Waals surface area contributed by atoms with E-state index in [2.05, 4.69) is 15.6 Å². The second kappa shape index (κ2) is 7.08. The van der Waals surface area contributed by atoms with Crippen molar-refractivity contribution < 1.29 is 13.7 Å². The summed E-state index contributed by atoms with van der Waals surface area (Å²) in [7, 11) is 0. The van der Waals surface area contributed by atoms with Gasteiger partial charge in [0.05, 0.1) is 10.3 Å². The number of aromatic nitrogens is 1. The van der Waals surface area contributed by atoms with Gasteiger partial charge in [-0.2, -0.15) is 0 Å². The smallest absolute Gasteiger partial charge is 0.269 e. The third kappa shape index (κ3) is 3.63. The van der Waals surface area contributed by atoms with Gasteiger partial charge in [0.25, 0.3) is 5.69 Å². The first-order chi connectivity index (χ1) is 12.1. The standard InChI is InChI=1S/C17H14F2N4O2/c18-13-5-6-14(19)17-16(13)15(7-8-22-17)21-10-9-20-11-1-3-12(4-2-11)23(24)25/h1-8,20H,9-10H2,(H,21,22). The van der Waals surface area contributed by atoms with Crippen molar-refractivity contribution >= 4 is 28.0 Å². The van der Waals surface area contributed by atoms with Gasteiger partial charge in [-0.15, -0.1) is 0 Å². The molecule has 0 spiro atoms. The predicted molar refractivity (Wildman–Crippen MR) is 91.7 cm³/mol. The number of benzene rings is 2. The molecule has 0 fully saturated rings. The van der Waals surface area contributed by atoms with Crippen molar-refractivity contribution in [2.24, 2.45) is 0 Å². The van der Waals surface area contributed by atoms with Crippen LogP contribution in [0.3, 0.4) is 0 Å². The van der Waals surface area contributed by atoms with Crippen molar-refractivity contribution in [1.29, 1.82) is 0 Å². The summed E-state index contributed by atoms with van der Waals surface area (Å²) in [6.45, 7) is 0.921. The summed E-state index contributed by atoms with van der Waals surface area (Å²) in [6.07, 6.45) is 1.41. The fourth-order valence-corrected chi connectivity index (χ4v) is 2.45. The average Bonchev–Trinajstić information content (AvgIpc) is 2.62. The summed E-state index contributed by atoms with van der Waals surface area (Å²) in [5.74, 6) is -1.13. The van der Waals surface area contributed by atoms with Gasteiger partial charge in [0, 0.05) is 42.8 Å². The van der Waals surface area contributed by atoms with Crippen molar-refractivity contribution in [2.45, 2.75) is 0 Å². The first-order valence-corrected chi connectivity index (χ1v) is 7.51. The normalized spacial score (nSPS) is 10.6. The van der Waals surface area contributed by atoms with E-state index in [1.54, 1.807) is 18.2 Å². The molecule has 0 aliphatic heterocycles. The van der Waals surface area contributed by atoms with Crippen molar-refractivity contribution in [3.05, 3.63) is 70.4 Å². The molecule has 0 bridgehead atoms. The van der Waals surface area contributed by atoms with E-state index in [0.717, 1.165) is 17.8 Å². The average molecular weight is 344 g/mol. The van der Waals surface area contributed by atoms with Crippen LogP contribution in [-0.2, 0) is 0 Å². The van der Waals surface area contributed by atoms with Gasteiger partial charge < -0.3 is 10.6 Å². The quantitative estimate of drug-likeness (QED) is 0.402. The van der Waals surface area contributed by atoms with Crippen LogP contribution in [0.1, 0.15) is 0 Å². The Hall–Kier alpha value is -3.29. The third-order valence-electron chi connectivity index (χ3n) is 3.64. The fourth-order valence-electron chi connectivity index (χ4n) is 2.45. The second-order valence-electron chi connectivity index (χ2n) is 5.27. The number of hydrogen-bond acceptors (Lipinski definition) is 5. The summed E-state index contributed by atoms with van der Waals surface area (Å²) >= 11 is 0. The van der Waals surface area contributed by atoms with Crippen LogP contribution >= 0.6 is 0 Å². The Kier molecular flexibility index (Phi) is 4.69. The molecular weight excluding hydrogens is 330 g/mol. The monoisotopic (exact) mass is 344 g/mol. The first kappa shape index (κ1) is 16.6. The van der Waals surface area contributed by atoms with Gasteiger partial charge in [0.1, 0.15) is 17.2 Å². The molecule has 8 heteroatoms. The molecule has 0 radical (unpaired) electrons. The second-order valence-corrected chi connectivity index (χ2v) is 5.27. The van der Waals surface area contributed by atoms with E-state index in [0.29, 0.717) is 18.8 Å². The van der Waals surface area contributed by atoms with Gasteiger partial charge in [-0.1, -0.05) is 0 Å². The zero-order valence-electron chi connectivity index (χ0n) is 13.0. The van der Waals surface area contributed by atoms with Crippen molar-refractivity contribution in [3.63, 3.8) is 0 Å². The van der Waals surface area contributed by atoms with Gasteiger partial charge in [-0.05, 0) is 30.3 Å². The summed E-state index contributed by atoms with van der Waals surface area (Å²) in [4.78, 5) is 14.0. The van der Waals surface area contributed by atoms with Crippen LogP contribution in [0.5, 0.6) is 0 Å². The largest absolute Gasteiger partial charge is 0.383 e. The summed E-state index contributed by atoms with van der Waals surface area (Å²) < 4.78 is 27.7. The number of nitro groups is 1. The molecular formula is C17H14F2N4O2. The molecule has 1 aromatic heterocycles. The number of nitrogens with one attached hydrogen (secondary N) is 2. The number of non-ortho nitro benzene ring substituents is 1. The van der Waals surface area contributed by atoms with Crippen molar-refractivity contribution in [3.8, 4) is 0 Å². The highest BCUT2D eigenvalue weighted by Crippen LogP contribution is 2.26. The summed E-state index contributed by atoms with van der Waals surface area (Å²) in [5, 5.41) is 16.8. The highest BCUT2D eigenvalue weighted by Gasteiger charge is 2.11. The highest BCUT2D eigenvalue weighted by molar-refractivity contribution is 5.91. The van der Waals surface area contributed by atoms with Crippen LogP contribution in [0.4, 0.5) is 25.8 Å². The van der Waals surface area contributed by atoms with Crippen LogP contribution < -0.4 is 10.6 Å². The zero-order valence-corrected chi connectivity index (χ0v) is 13.0. The molecule has 128 valence electrons. The number of hydrogen-bond donors (Lipinski definition) is 2. The molecule has 0 aliphatic rings. The van der Waals surface area contributed by atoms with Crippen LogP contribution in [0.2, 0.25) is 0 Å². The lowest BCUT2D eigenvalue weighted by atomic mass is 10.1. The van der Waals surface area contributed by atoms with E-state index < -0.39 is 16.6 Å². The molecule has 0 atom stereocenters. The SMILES string of the molecule is O=[N+]([O-])c1ccc(NCCNc2ccnc3c(F)ccc(F)c23)cc1. The minimum atomic E-state index is -0.580. The van der Waals surface area contributed by atoms with E-state index in [-0.39, 0.29) is 16.6 Å². The highest BCUT2D eigenvalue weighted by atomic mass is 19.1. The molecule has 6 nitrogen and oxygen atoms in total. The molecule has 3 aromatic rings. The Bertz CT molecular complexity index is 916. The number of nitro benzene ring substituents is 1. The van der Waals surface area contributed by atoms with E-state index >= 15 is 0 Å². The van der Waals surface area contributed by atoms with E-state index in [4.69, 9.17) is 0 Å². The molecule has 0 unspecified atom stereocenters. The summed E-state index contributed by atoms with van der Waals surface area (Å²) in [6, 6.07) is 9.72. The lowest BCUT2D eigenvalue weighted by Crippen LogP contribution is -2.14. The van der Waals surface area contributed by atoms with Crippen LogP contribution in [0.25, 0.3) is 10.9 Å². The van der Waals surface area contributed by atoms with Gasteiger partial charge >= 0.3 is 0 Å². The molecule has 3 rings (SSSR count). The number of nitrogens with zero attached hydrogens (tertiary/aromatic N) is 2. The summed E-state index contributed by atoms with van der Waals surface area (Å²) in [5.41, 5.74) is 1.18. The molecule has 25 heavy (non-hydrogen) atoms. The number of fused-ring (bicyclic) bond motifs is 1. The minimum absolute atomic E-state index is 0.0180. The first-order valence-electron chi connectivity index (χ1n) is 7.51. The van der Waals surface area contributed by atoms with Gasteiger partial charge in [0.2, 0.25) is 0 Å². The zero-order chi connectivity index (χ0) is 17.8.